The number of rotatable bonds is 5. The summed E-state index contributed by atoms with van der Waals surface area (Å²) < 4.78 is 50.1. The van der Waals surface area contributed by atoms with Crippen molar-refractivity contribution in [3.05, 3.63) is 52.5 Å². The molecule has 1 aliphatic rings. The Labute approximate surface area is 186 Å². The first kappa shape index (κ1) is 23.0. The Morgan fingerprint density at radius 3 is 2.17 bits per heavy atom. The molecule has 2 aromatic rings. The minimum absolute atomic E-state index is 0.0504. The molecule has 0 saturated carbocycles. The summed E-state index contributed by atoms with van der Waals surface area (Å²) >= 11 is 12.0. The van der Waals surface area contributed by atoms with Gasteiger partial charge in [0.15, 0.2) is 9.84 Å². The van der Waals surface area contributed by atoms with E-state index in [-0.39, 0.29) is 44.8 Å². The zero-order chi connectivity index (χ0) is 22.1. The number of benzene rings is 2. The van der Waals surface area contributed by atoms with Crippen LogP contribution in [0, 0.1) is 5.92 Å². The smallest absolute Gasteiger partial charge is 0.244 e. The molecule has 1 aliphatic heterocycles. The molecule has 1 N–H and O–H groups in total. The summed E-state index contributed by atoms with van der Waals surface area (Å²) in [5, 5.41) is 3.12. The number of nitrogens with zero attached hydrogens (tertiary/aromatic N) is 1. The SMILES string of the molecule is CS(=O)(=O)c1ccc(NC(=O)C2CCN(S(=O)(=O)c3cc(Cl)ccc3Cl)CC2)cc1. The highest BCUT2D eigenvalue weighted by molar-refractivity contribution is 7.90. The Bertz CT molecular complexity index is 1160. The number of piperidine rings is 1. The van der Waals surface area contributed by atoms with E-state index in [9.17, 15) is 21.6 Å². The first-order valence-corrected chi connectivity index (χ1v) is 13.1. The van der Waals surface area contributed by atoms with E-state index in [1.54, 1.807) is 0 Å². The zero-order valence-corrected chi connectivity index (χ0v) is 19.2. The number of halogens is 2. The van der Waals surface area contributed by atoms with Crippen molar-refractivity contribution in [3.8, 4) is 0 Å². The fourth-order valence-electron chi connectivity index (χ4n) is 3.20. The second kappa shape index (κ2) is 8.84. The molecule has 0 spiro atoms. The molecule has 1 heterocycles. The van der Waals surface area contributed by atoms with Crippen molar-refractivity contribution in [2.45, 2.75) is 22.6 Å². The Balaban J connectivity index is 1.63. The lowest BCUT2D eigenvalue weighted by atomic mass is 9.97. The minimum atomic E-state index is -3.81. The quantitative estimate of drug-likeness (QED) is 0.691. The number of nitrogens with one attached hydrogen (secondary N) is 1. The van der Waals surface area contributed by atoms with E-state index in [0.717, 1.165) is 6.26 Å². The van der Waals surface area contributed by atoms with Crippen molar-refractivity contribution in [1.29, 1.82) is 0 Å². The van der Waals surface area contributed by atoms with E-state index >= 15 is 0 Å². The molecule has 2 aromatic carbocycles. The van der Waals surface area contributed by atoms with Crippen LogP contribution in [0.15, 0.2) is 52.3 Å². The summed E-state index contributed by atoms with van der Waals surface area (Å²) in [4.78, 5) is 12.7. The average Bonchev–Trinajstić information content (AvgIpc) is 2.69. The standard InChI is InChI=1S/C19H20Cl2N2O5S2/c1-29(25,26)16-5-3-15(4-6-16)22-19(24)13-8-10-23(11-9-13)30(27,28)18-12-14(20)2-7-17(18)21/h2-7,12-13H,8-11H2,1H3,(H,22,24). The van der Waals surface area contributed by atoms with E-state index in [1.165, 1.54) is 46.8 Å². The largest absolute Gasteiger partial charge is 0.326 e. The lowest BCUT2D eigenvalue weighted by molar-refractivity contribution is -0.120. The molecule has 0 unspecified atom stereocenters. The minimum Gasteiger partial charge on any atom is -0.326 e. The molecular formula is C19H20Cl2N2O5S2. The molecule has 1 fully saturated rings. The third-order valence-corrected chi connectivity index (χ3v) is 8.63. The van der Waals surface area contributed by atoms with E-state index in [4.69, 9.17) is 23.2 Å². The van der Waals surface area contributed by atoms with Crippen LogP contribution in [0.5, 0.6) is 0 Å². The Kier molecular flexibility index (Phi) is 6.78. The van der Waals surface area contributed by atoms with Crippen LogP contribution in [-0.2, 0) is 24.7 Å². The molecule has 162 valence electrons. The van der Waals surface area contributed by atoms with Gasteiger partial charge in [0.05, 0.1) is 9.92 Å². The van der Waals surface area contributed by atoms with Gasteiger partial charge in [0, 0.05) is 36.0 Å². The number of hydrogen-bond acceptors (Lipinski definition) is 5. The normalized spacial score (nSPS) is 16.4. The summed E-state index contributed by atoms with van der Waals surface area (Å²) in [6, 6.07) is 10.2. The van der Waals surface area contributed by atoms with Gasteiger partial charge < -0.3 is 5.32 Å². The van der Waals surface area contributed by atoms with Gasteiger partial charge in [0.2, 0.25) is 15.9 Å². The molecule has 0 bridgehead atoms. The number of hydrogen-bond donors (Lipinski definition) is 1. The molecule has 11 heteroatoms. The highest BCUT2D eigenvalue weighted by Crippen LogP contribution is 2.30. The summed E-state index contributed by atoms with van der Waals surface area (Å²) in [6.45, 7) is 0.354. The van der Waals surface area contributed by atoms with Gasteiger partial charge in [-0.05, 0) is 55.3 Å². The van der Waals surface area contributed by atoms with Crippen LogP contribution in [0.25, 0.3) is 0 Å². The maximum atomic E-state index is 12.9. The van der Waals surface area contributed by atoms with Crippen molar-refractivity contribution in [2.24, 2.45) is 5.92 Å². The van der Waals surface area contributed by atoms with Crippen molar-refractivity contribution in [3.63, 3.8) is 0 Å². The molecular weight excluding hydrogens is 471 g/mol. The van der Waals surface area contributed by atoms with Gasteiger partial charge in [-0.15, -0.1) is 0 Å². The van der Waals surface area contributed by atoms with Gasteiger partial charge in [0.25, 0.3) is 0 Å². The Morgan fingerprint density at radius 1 is 1.00 bits per heavy atom. The Morgan fingerprint density at radius 2 is 1.60 bits per heavy atom. The molecule has 0 atom stereocenters. The van der Waals surface area contributed by atoms with Gasteiger partial charge in [-0.1, -0.05) is 23.2 Å². The highest BCUT2D eigenvalue weighted by Gasteiger charge is 2.33. The fourth-order valence-corrected chi connectivity index (χ4v) is 6.04. The molecule has 3 rings (SSSR count). The van der Waals surface area contributed by atoms with Crippen LogP contribution in [-0.4, -0.2) is 46.4 Å². The predicted octanol–water partition coefficient (Wildman–Crippen LogP) is 3.44. The third kappa shape index (κ3) is 5.15. The summed E-state index contributed by atoms with van der Waals surface area (Å²) in [5.41, 5.74) is 0.480. The number of amides is 1. The third-order valence-electron chi connectivity index (χ3n) is 4.89. The molecule has 0 aromatic heterocycles. The monoisotopic (exact) mass is 490 g/mol. The van der Waals surface area contributed by atoms with Crippen molar-refractivity contribution in [1.82, 2.24) is 4.31 Å². The maximum Gasteiger partial charge on any atom is 0.244 e. The summed E-state index contributed by atoms with van der Waals surface area (Å²) in [7, 11) is -7.12. The highest BCUT2D eigenvalue weighted by atomic mass is 35.5. The summed E-state index contributed by atoms with van der Waals surface area (Å²) in [6.07, 6.45) is 1.81. The number of carbonyl (C=O) groups excluding carboxylic acids is 1. The van der Waals surface area contributed by atoms with Crippen molar-refractivity contribution >= 4 is 54.7 Å². The first-order chi connectivity index (χ1) is 14.0. The molecule has 7 nitrogen and oxygen atoms in total. The number of sulfone groups is 1. The maximum absolute atomic E-state index is 12.9. The van der Waals surface area contributed by atoms with E-state index in [2.05, 4.69) is 5.32 Å². The predicted molar refractivity (Wildman–Crippen MR) is 116 cm³/mol. The van der Waals surface area contributed by atoms with Gasteiger partial charge in [-0.3, -0.25) is 4.79 Å². The molecule has 1 amide bonds. The Hall–Kier alpha value is -1.65. The fraction of sp³-hybridized carbons (Fsp3) is 0.316. The van der Waals surface area contributed by atoms with Crippen LogP contribution in [0.1, 0.15) is 12.8 Å². The lowest BCUT2D eigenvalue weighted by Gasteiger charge is -2.30. The van der Waals surface area contributed by atoms with Gasteiger partial charge in [0.1, 0.15) is 4.90 Å². The van der Waals surface area contributed by atoms with Crippen LogP contribution in [0.3, 0.4) is 0 Å². The molecule has 30 heavy (non-hydrogen) atoms. The van der Waals surface area contributed by atoms with E-state index in [1.807, 2.05) is 0 Å². The first-order valence-electron chi connectivity index (χ1n) is 9.04. The van der Waals surface area contributed by atoms with Crippen LogP contribution in [0.2, 0.25) is 10.0 Å². The molecule has 1 saturated heterocycles. The van der Waals surface area contributed by atoms with Gasteiger partial charge in [-0.2, -0.15) is 4.31 Å². The van der Waals surface area contributed by atoms with Gasteiger partial charge >= 0.3 is 0 Å². The zero-order valence-electron chi connectivity index (χ0n) is 16.0. The second-order valence-electron chi connectivity index (χ2n) is 7.04. The van der Waals surface area contributed by atoms with Crippen LogP contribution in [0.4, 0.5) is 5.69 Å². The van der Waals surface area contributed by atoms with E-state index in [0.29, 0.717) is 18.5 Å². The van der Waals surface area contributed by atoms with Crippen molar-refractivity contribution < 1.29 is 21.6 Å². The van der Waals surface area contributed by atoms with E-state index < -0.39 is 19.9 Å². The average molecular weight is 491 g/mol. The topological polar surface area (TPSA) is 101 Å². The van der Waals surface area contributed by atoms with Crippen LogP contribution >= 0.6 is 23.2 Å². The second-order valence-corrected chi connectivity index (χ2v) is 11.8. The van der Waals surface area contributed by atoms with Crippen LogP contribution < -0.4 is 5.32 Å². The number of anilines is 1. The van der Waals surface area contributed by atoms with Crippen molar-refractivity contribution in [2.75, 3.05) is 24.7 Å². The lowest BCUT2D eigenvalue weighted by Crippen LogP contribution is -2.41. The molecule has 0 radical (unpaired) electrons. The molecule has 0 aliphatic carbocycles. The number of carbonyl (C=O) groups is 1. The van der Waals surface area contributed by atoms with Gasteiger partial charge in [-0.25, -0.2) is 16.8 Å². The summed E-state index contributed by atoms with van der Waals surface area (Å²) in [5.74, 6) is -0.596. The number of sulfonamides is 1.